The van der Waals surface area contributed by atoms with Crippen molar-refractivity contribution < 1.29 is 8.42 Å². The van der Waals surface area contributed by atoms with Crippen LogP contribution < -0.4 is 0 Å². The first-order valence-electron chi connectivity index (χ1n) is 9.96. The highest BCUT2D eigenvalue weighted by atomic mass is 32.2. The molecule has 0 radical (unpaired) electrons. The van der Waals surface area contributed by atoms with Gasteiger partial charge in [-0.25, -0.2) is 8.42 Å². The molecule has 0 bridgehead atoms. The van der Waals surface area contributed by atoms with Crippen LogP contribution in [0.4, 0.5) is 0 Å². The van der Waals surface area contributed by atoms with E-state index in [-0.39, 0.29) is 5.41 Å². The average Bonchev–Trinajstić information content (AvgIpc) is 2.80. The highest BCUT2D eigenvalue weighted by molar-refractivity contribution is 7.91. The first-order chi connectivity index (χ1) is 14.4. The quantitative estimate of drug-likeness (QED) is 0.374. The lowest BCUT2D eigenvalue weighted by Gasteiger charge is -2.26. The molecule has 2 nitrogen and oxygen atoms in total. The van der Waals surface area contributed by atoms with E-state index in [2.05, 4.69) is 62.4 Å². The molecule has 4 rings (SSSR count). The molecule has 0 N–H and O–H groups in total. The molecular weight excluding hydrogens is 388 g/mol. The van der Waals surface area contributed by atoms with Crippen molar-refractivity contribution in [3.63, 3.8) is 0 Å². The normalized spacial score (nSPS) is 11.9. The summed E-state index contributed by atoms with van der Waals surface area (Å²) in [6.07, 6.45) is 0. The second-order valence-corrected chi connectivity index (χ2v) is 9.86. The van der Waals surface area contributed by atoms with Crippen molar-refractivity contribution >= 4 is 9.84 Å². The van der Waals surface area contributed by atoms with Crippen LogP contribution in [-0.2, 0) is 15.3 Å². The summed E-state index contributed by atoms with van der Waals surface area (Å²) < 4.78 is 25.5. The van der Waals surface area contributed by atoms with E-state index in [0.29, 0.717) is 9.79 Å². The first-order valence-corrected chi connectivity index (χ1v) is 11.4. The SMILES string of the molecule is CC(C)(c1ccccc1)c1ccc(-c2ccc(S(=O)(=O)c3ccccc3)cc2)cc1. The molecule has 0 aliphatic carbocycles. The van der Waals surface area contributed by atoms with Crippen LogP contribution in [0.5, 0.6) is 0 Å². The summed E-state index contributed by atoms with van der Waals surface area (Å²) >= 11 is 0. The largest absolute Gasteiger partial charge is 0.219 e. The molecule has 4 aromatic rings. The molecule has 30 heavy (non-hydrogen) atoms. The van der Waals surface area contributed by atoms with Crippen molar-refractivity contribution in [1.82, 2.24) is 0 Å². The summed E-state index contributed by atoms with van der Waals surface area (Å²) in [5.74, 6) is 0. The van der Waals surface area contributed by atoms with Gasteiger partial charge < -0.3 is 0 Å². The summed E-state index contributed by atoms with van der Waals surface area (Å²) in [7, 11) is -3.49. The van der Waals surface area contributed by atoms with Crippen LogP contribution >= 0.6 is 0 Å². The van der Waals surface area contributed by atoms with E-state index in [1.807, 2.05) is 24.3 Å². The first kappa shape index (κ1) is 20.1. The second kappa shape index (κ2) is 7.92. The highest BCUT2D eigenvalue weighted by Crippen LogP contribution is 2.33. The molecule has 0 aromatic heterocycles. The molecule has 0 spiro atoms. The van der Waals surface area contributed by atoms with Crippen LogP contribution in [0.25, 0.3) is 11.1 Å². The number of hydrogen-bond donors (Lipinski definition) is 0. The van der Waals surface area contributed by atoms with Gasteiger partial charge in [0.05, 0.1) is 9.79 Å². The predicted molar refractivity (Wildman–Crippen MR) is 122 cm³/mol. The van der Waals surface area contributed by atoms with E-state index in [1.165, 1.54) is 11.1 Å². The third-order valence-electron chi connectivity index (χ3n) is 5.65. The zero-order chi connectivity index (χ0) is 21.2. The van der Waals surface area contributed by atoms with Crippen LogP contribution in [0.3, 0.4) is 0 Å². The van der Waals surface area contributed by atoms with Gasteiger partial charge in [0.15, 0.2) is 0 Å². The van der Waals surface area contributed by atoms with Gasteiger partial charge in [0.25, 0.3) is 0 Å². The number of hydrogen-bond acceptors (Lipinski definition) is 2. The maximum Gasteiger partial charge on any atom is 0.206 e. The second-order valence-electron chi connectivity index (χ2n) is 7.91. The molecule has 0 saturated heterocycles. The van der Waals surface area contributed by atoms with Crippen LogP contribution in [-0.4, -0.2) is 8.42 Å². The number of rotatable bonds is 5. The van der Waals surface area contributed by atoms with Gasteiger partial charge in [-0.2, -0.15) is 0 Å². The van der Waals surface area contributed by atoms with E-state index in [1.54, 1.807) is 36.4 Å². The molecule has 0 aliphatic heterocycles. The maximum atomic E-state index is 12.8. The fraction of sp³-hybridized carbons (Fsp3) is 0.111. The van der Waals surface area contributed by atoms with Gasteiger partial charge in [-0.05, 0) is 46.5 Å². The zero-order valence-electron chi connectivity index (χ0n) is 17.1. The Morgan fingerprint density at radius 2 is 0.900 bits per heavy atom. The Bertz CT molecular complexity index is 1220. The topological polar surface area (TPSA) is 34.1 Å². The lowest BCUT2D eigenvalue weighted by Crippen LogP contribution is -2.18. The minimum absolute atomic E-state index is 0.0899. The Balaban J connectivity index is 1.60. The van der Waals surface area contributed by atoms with Crippen molar-refractivity contribution in [3.8, 4) is 11.1 Å². The molecule has 0 aliphatic rings. The van der Waals surface area contributed by atoms with Gasteiger partial charge in [-0.15, -0.1) is 0 Å². The van der Waals surface area contributed by atoms with E-state index in [9.17, 15) is 8.42 Å². The Labute approximate surface area is 178 Å². The van der Waals surface area contributed by atoms with Gasteiger partial charge in [-0.3, -0.25) is 0 Å². The molecule has 0 saturated carbocycles. The summed E-state index contributed by atoms with van der Waals surface area (Å²) in [5, 5.41) is 0. The van der Waals surface area contributed by atoms with Crippen molar-refractivity contribution in [2.75, 3.05) is 0 Å². The molecule has 0 fully saturated rings. The average molecular weight is 413 g/mol. The fourth-order valence-electron chi connectivity index (χ4n) is 3.66. The summed E-state index contributed by atoms with van der Waals surface area (Å²) in [5.41, 5.74) is 4.47. The smallest absolute Gasteiger partial charge is 0.206 e. The molecule has 4 aromatic carbocycles. The van der Waals surface area contributed by atoms with Crippen LogP contribution in [0, 0.1) is 0 Å². The molecule has 3 heteroatoms. The van der Waals surface area contributed by atoms with Gasteiger partial charge in [0.2, 0.25) is 9.84 Å². The van der Waals surface area contributed by atoms with Crippen LogP contribution in [0.1, 0.15) is 25.0 Å². The molecule has 0 heterocycles. The lowest BCUT2D eigenvalue weighted by atomic mass is 9.78. The van der Waals surface area contributed by atoms with Gasteiger partial charge in [0.1, 0.15) is 0 Å². The third-order valence-corrected chi connectivity index (χ3v) is 7.44. The Hall–Kier alpha value is -3.17. The third kappa shape index (κ3) is 3.81. The minimum Gasteiger partial charge on any atom is -0.219 e. The zero-order valence-corrected chi connectivity index (χ0v) is 17.9. The molecule has 0 atom stereocenters. The summed E-state index contributed by atoms with van der Waals surface area (Å²) in [4.78, 5) is 0.615. The van der Waals surface area contributed by atoms with Gasteiger partial charge >= 0.3 is 0 Å². The van der Waals surface area contributed by atoms with Crippen molar-refractivity contribution in [1.29, 1.82) is 0 Å². The Morgan fingerprint density at radius 3 is 1.43 bits per heavy atom. The van der Waals surface area contributed by atoms with Crippen molar-refractivity contribution in [2.24, 2.45) is 0 Å². The molecule has 150 valence electrons. The van der Waals surface area contributed by atoms with Gasteiger partial charge in [0, 0.05) is 5.41 Å². The Kier molecular flexibility index (Phi) is 5.31. The van der Waals surface area contributed by atoms with Crippen molar-refractivity contribution in [3.05, 3.63) is 120 Å². The summed E-state index contributed by atoms with van der Waals surface area (Å²) in [6, 6.07) is 34.6. The number of sulfone groups is 1. The van der Waals surface area contributed by atoms with E-state index >= 15 is 0 Å². The van der Waals surface area contributed by atoms with Gasteiger partial charge in [-0.1, -0.05) is 98.8 Å². The fourth-order valence-corrected chi connectivity index (χ4v) is 4.95. The van der Waals surface area contributed by atoms with Crippen molar-refractivity contribution in [2.45, 2.75) is 29.1 Å². The summed E-state index contributed by atoms with van der Waals surface area (Å²) in [6.45, 7) is 4.45. The van der Waals surface area contributed by atoms with Crippen LogP contribution in [0.2, 0.25) is 0 Å². The lowest BCUT2D eigenvalue weighted by molar-refractivity contribution is 0.596. The number of benzene rings is 4. The minimum atomic E-state index is -3.49. The van der Waals surface area contributed by atoms with E-state index in [4.69, 9.17) is 0 Å². The molecule has 0 amide bonds. The van der Waals surface area contributed by atoms with E-state index in [0.717, 1.165) is 11.1 Å². The standard InChI is InChI=1S/C27H24O2S/c1-27(2,23-9-5-3-6-10-23)24-17-13-21(14-18-24)22-15-19-26(20-16-22)30(28,29)25-11-7-4-8-12-25/h3-20H,1-2H3. The molecule has 0 unspecified atom stereocenters. The monoisotopic (exact) mass is 412 g/mol. The predicted octanol–water partition coefficient (Wildman–Crippen LogP) is 6.51. The van der Waals surface area contributed by atoms with E-state index < -0.39 is 9.84 Å². The highest BCUT2D eigenvalue weighted by Gasteiger charge is 2.22. The van der Waals surface area contributed by atoms with Crippen LogP contribution in [0.15, 0.2) is 119 Å². The maximum absolute atomic E-state index is 12.8. The Morgan fingerprint density at radius 1 is 0.500 bits per heavy atom. The molecular formula is C27H24O2S.